The Morgan fingerprint density at radius 1 is 1.38 bits per heavy atom. The van der Waals surface area contributed by atoms with Gasteiger partial charge in [0.25, 0.3) is 0 Å². The van der Waals surface area contributed by atoms with Crippen molar-refractivity contribution in [2.75, 3.05) is 17.7 Å². The minimum absolute atomic E-state index is 0.0942. The molecule has 1 amide bonds. The zero-order valence-corrected chi connectivity index (χ0v) is 16.7. The van der Waals surface area contributed by atoms with Gasteiger partial charge in [-0.2, -0.15) is 0 Å². The molecule has 0 bridgehead atoms. The molecule has 0 aliphatic carbocycles. The number of benzene rings is 1. The maximum absolute atomic E-state index is 13.4. The van der Waals surface area contributed by atoms with Gasteiger partial charge in [0.15, 0.2) is 16.8 Å². The van der Waals surface area contributed by atoms with Crippen LogP contribution in [0.3, 0.4) is 0 Å². The number of hydrogen-bond donors (Lipinski definition) is 1. The van der Waals surface area contributed by atoms with Crippen molar-refractivity contribution in [1.29, 1.82) is 0 Å². The van der Waals surface area contributed by atoms with Crippen LogP contribution in [-0.2, 0) is 16.1 Å². The summed E-state index contributed by atoms with van der Waals surface area (Å²) in [6.07, 6.45) is 2.09. The largest absolute Gasteiger partial charge is 0.376 e. The predicted octanol–water partition coefficient (Wildman–Crippen LogP) is 2.98. The summed E-state index contributed by atoms with van der Waals surface area (Å²) in [5, 5.41) is 16.8. The molecule has 1 aromatic carbocycles. The molecule has 1 N–H and O–H groups in total. The first-order valence-electron chi connectivity index (χ1n) is 8.80. The third-order valence-electron chi connectivity index (χ3n) is 4.20. The van der Waals surface area contributed by atoms with Crippen LogP contribution in [0.5, 0.6) is 0 Å². The number of aromatic nitrogens is 5. The Balaban J connectivity index is 1.32. The van der Waals surface area contributed by atoms with Gasteiger partial charge in [-0.3, -0.25) is 4.79 Å². The third kappa shape index (κ3) is 4.95. The first-order chi connectivity index (χ1) is 14.1. The first kappa shape index (κ1) is 19.9. The quantitative estimate of drug-likeness (QED) is 0.567. The number of thioether (sulfide) groups is 1. The highest BCUT2D eigenvalue weighted by Crippen LogP contribution is 2.26. The number of amides is 1. The van der Waals surface area contributed by atoms with Crippen LogP contribution in [-0.4, -0.2) is 49.6 Å². The van der Waals surface area contributed by atoms with Gasteiger partial charge in [0, 0.05) is 17.6 Å². The van der Waals surface area contributed by atoms with E-state index in [0.717, 1.165) is 31.6 Å². The smallest absolute Gasteiger partial charge is 0.236 e. The maximum Gasteiger partial charge on any atom is 0.236 e. The zero-order chi connectivity index (χ0) is 20.2. The number of rotatable bonds is 7. The summed E-state index contributed by atoms with van der Waals surface area (Å²) in [6, 6.07) is 3.54. The van der Waals surface area contributed by atoms with Crippen LogP contribution in [0.2, 0.25) is 0 Å². The van der Waals surface area contributed by atoms with Gasteiger partial charge in [0.05, 0.1) is 24.1 Å². The van der Waals surface area contributed by atoms with Gasteiger partial charge in [0.2, 0.25) is 11.1 Å². The van der Waals surface area contributed by atoms with Crippen molar-refractivity contribution in [3.8, 4) is 11.3 Å². The summed E-state index contributed by atoms with van der Waals surface area (Å²) in [4.78, 5) is 16.5. The summed E-state index contributed by atoms with van der Waals surface area (Å²) in [5.74, 6) is -2.03. The average Bonchev–Trinajstić information content (AvgIpc) is 3.45. The van der Waals surface area contributed by atoms with Crippen molar-refractivity contribution >= 4 is 34.1 Å². The van der Waals surface area contributed by atoms with Crippen LogP contribution < -0.4 is 5.32 Å². The third-order valence-corrected chi connectivity index (χ3v) is 5.91. The monoisotopic (exact) mass is 438 g/mol. The van der Waals surface area contributed by atoms with E-state index < -0.39 is 11.6 Å². The second kappa shape index (κ2) is 8.93. The second-order valence-electron chi connectivity index (χ2n) is 6.28. The molecule has 0 radical (unpaired) electrons. The van der Waals surface area contributed by atoms with Crippen molar-refractivity contribution in [1.82, 2.24) is 25.2 Å². The Hall–Kier alpha value is -2.44. The summed E-state index contributed by atoms with van der Waals surface area (Å²) >= 11 is 2.42. The Kier molecular flexibility index (Phi) is 6.11. The van der Waals surface area contributed by atoms with Crippen LogP contribution >= 0.6 is 23.1 Å². The molecule has 1 saturated heterocycles. The molecule has 3 heterocycles. The minimum atomic E-state index is -0.946. The number of nitrogens with zero attached hydrogens (tertiary/aromatic N) is 5. The van der Waals surface area contributed by atoms with Gasteiger partial charge < -0.3 is 10.1 Å². The molecule has 152 valence electrons. The van der Waals surface area contributed by atoms with E-state index in [4.69, 9.17) is 4.74 Å². The molecule has 1 fully saturated rings. The Labute approximate surface area is 172 Å². The number of halogens is 2. The highest BCUT2D eigenvalue weighted by atomic mass is 32.2. The molecular weight excluding hydrogens is 422 g/mol. The van der Waals surface area contributed by atoms with E-state index >= 15 is 0 Å². The fraction of sp³-hybridized carbons (Fsp3) is 0.353. The first-order valence-corrected chi connectivity index (χ1v) is 10.7. The predicted molar refractivity (Wildman–Crippen MR) is 104 cm³/mol. The summed E-state index contributed by atoms with van der Waals surface area (Å²) < 4.78 is 33.7. The van der Waals surface area contributed by atoms with E-state index in [1.54, 1.807) is 10.1 Å². The lowest BCUT2D eigenvalue weighted by Crippen LogP contribution is -2.18. The van der Waals surface area contributed by atoms with Crippen LogP contribution in [0.25, 0.3) is 11.3 Å². The average molecular weight is 438 g/mol. The number of carbonyl (C=O) groups is 1. The van der Waals surface area contributed by atoms with Gasteiger partial charge in [-0.25, -0.2) is 18.4 Å². The molecule has 4 rings (SSSR count). The molecular formula is C17H16F2N6O2S2. The van der Waals surface area contributed by atoms with E-state index in [0.29, 0.717) is 28.1 Å². The lowest BCUT2D eigenvalue weighted by Gasteiger charge is -2.09. The minimum Gasteiger partial charge on any atom is -0.376 e. The van der Waals surface area contributed by atoms with E-state index in [9.17, 15) is 13.6 Å². The van der Waals surface area contributed by atoms with Gasteiger partial charge in [-0.1, -0.05) is 11.8 Å². The Morgan fingerprint density at radius 3 is 3.07 bits per heavy atom. The SMILES string of the molecule is O=C(CSc1nnnn1CC1CCCO1)Nc1nc(-c2ccc(F)c(F)c2)cs1. The lowest BCUT2D eigenvalue weighted by atomic mass is 10.2. The van der Waals surface area contributed by atoms with E-state index in [2.05, 4.69) is 25.8 Å². The van der Waals surface area contributed by atoms with E-state index in [-0.39, 0.29) is 17.8 Å². The van der Waals surface area contributed by atoms with Gasteiger partial charge >= 0.3 is 0 Å². The van der Waals surface area contributed by atoms with Crippen LogP contribution in [0.1, 0.15) is 12.8 Å². The summed E-state index contributed by atoms with van der Waals surface area (Å²) in [7, 11) is 0. The van der Waals surface area contributed by atoms with Crippen molar-refractivity contribution in [2.45, 2.75) is 30.6 Å². The maximum atomic E-state index is 13.4. The lowest BCUT2D eigenvalue weighted by molar-refractivity contribution is -0.113. The number of tetrazole rings is 1. The van der Waals surface area contributed by atoms with E-state index in [1.165, 1.54) is 29.2 Å². The fourth-order valence-corrected chi connectivity index (χ4v) is 4.22. The Bertz CT molecular complexity index is 1010. The molecule has 3 aromatic rings. The van der Waals surface area contributed by atoms with Crippen molar-refractivity contribution < 1.29 is 18.3 Å². The van der Waals surface area contributed by atoms with Crippen LogP contribution in [0.15, 0.2) is 28.7 Å². The summed E-state index contributed by atoms with van der Waals surface area (Å²) in [5.41, 5.74) is 0.890. The number of hydrogen-bond acceptors (Lipinski definition) is 8. The van der Waals surface area contributed by atoms with Gasteiger partial charge in [-0.05, 0) is 41.5 Å². The number of anilines is 1. The van der Waals surface area contributed by atoms with Crippen LogP contribution in [0.4, 0.5) is 13.9 Å². The standard InChI is InChI=1S/C17H16F2N6O2S2/c18-12-4-3-10(6-13(12)19)14-8-28-16(20-14)21-15(26)9-29-17-22-23-24-25(17)7-11-2-1-5-27-11/h3-4,6,8,11H,1-2,5,7,9H2,(H,20,21,26). The topological polar surface area (TPSA) is 94.8 Å². The van der Waals surface area contributed by atoms with E-state index in [1.807, 2.05) is 0 Å². The molecule has 12 heteroatoms. The molecule has 0 spiro atoms. The number of ether oxygens (including phenoxy) is 1. The molecule has 0 saturated carbocycles. The second-order valence-corrected chi connectivity index (χ2v) is 8.08. The van der Waals surface area contributed by atoms with Crippen molar-refractivity contribution in [3.05, 3.63) is 35.2 Å². The molecule has 2 aromatic heterocycles. The zero-order valence-electron chi connectivity index (χ0n) is 15.0. The molecule has 1 aliphatic heterocycles. The van der Waals surface area contributed by atoms with Crippen molar-refractivity contribution in [3.63, 3.8) is 0 Å². The number of carbonyl (C=O) groups excluding carboxylic acids is 1. The molecule has 1 unspecified atom stereocenters. The van der Waals surface area contributed by atoms with Crippen molar-refractivity contribution in [2.24, 2.45) is 0 Å². The van der Waals surface area contributed by atoms with Crippen LogP contribution in [0, 0.1) is 11.6 Å². The highest BCUT2D eigenvalue weighted by Gasteiger charge is 2.19. The molecule has 1 aliphatic rings. The van der Waals surface area contributed by atoms with Gasteiger partial charge in [0.1, 0.15) is 0 Å². The molecule has 29 heavy (non-hydrogen) atoms. The highest BCUT2D eigenvalue weighted by molar-refractivity contribution is 7.99. The Morgan fingerprint density at radius 2 is 2.28 bits per heavy atom. The normalized spacial score (nSPS) is 16.3. The number of nitrogens with one attached hydrogen (secondary N) is 1. The molecule has 8 nitrogen and oxygen atoms in total. The molecule has 1 atom stereocenters. The number of thiazole rings is 1. The van der Waals surface area contributed by atoms with Gasteiger partial charge in [-0.15, -0.1) is 16.4 Å². The summed E-state index contributed by atoms with van der Waals surface area (Å²) in [6.45, 7) is 1.30. The fourth-order valence-electron chi connectivity index (χ4n) is 2.80.